The molecule has 4 nitrogen and oxygen atoms in total. The van der Waals surface area contributed by atoms with Crippen molar-refractivity contribution in [3.8, 4) is 0 Å². The van der Waals surface area contributed by atoms with Gasteiger partial charge in [-0.2, -0.15) is 0 Å². The maximum absolute atomic E-state index is 13.1. The molecule has 7 heteroatoms. The van der Waals surface area contributed by atoms with Gasteiger partial charge in [-0.15, -0.1) is 11.8 Å². The maximum Gasteiger partial charge on any atom is 0.242 e. The van der Waals surface area contributed by atoms with Crippen LogP contribution in [0.2, 0.25) is 10.0 Å². The molecule has 0 unspecified atom stereocenters. The Morgan fingerprint density at radius 1 is 1.07 bits per heavy atom. The van der Waals surface area contributed by atoms with Crippen molar-refractivity contribution >= 4 is 46.8 Å². The number of hydrogen-bond donors (Lipinski definition) is 1. The molecule has 2 amide bonds. The van der Waals surface area contributed by atoms with Crippen molar-refractivity contribution < 1.29 is 9.59 Å². The Morgan fingerprint density at radius 2 is 1.73 bits per heavy atom. The molecule has 0 saturated heterocycles. The van der Waals surface area contributed by atoms with Gasteiger partial charge in [0.25, 0.3) is 0 Å². The third kappa shape index (κ3) is 7.53. The number of hydrogen-bond acceptors (Lipinski definition) is 3. The Labute approximate surface area is 193 Å². The zero-order chi connectivity index (χ0) is 22.1. The molecule has 0 radical (unpaired) electrons. The lowest BCUT2D eigenvalue weighted by molar-refractivity contribution is -0.140. The van der Waals surface area contributed by atoms with Crippen LogP contribution in [0.1, 0.15) is 39.2 Å². The summed E-state index contributed by atoms with van der Waals surface area (Å²) >= 11 is 13.8. The highest BCUT2D eigenvalue weighted by molar-refractivity contribution is 7.99. The van der Waals surface area contributed by atoms with Gasteiger partial charge in [-0.1, -0.05) is 48.3 Å². The van der Waals surface area contributed by atoms with Crippen molar-refractivity contribution in [1.82, 2.24) is 10.2 Å². The zero-order valence-electron chi connectivity index (χ0n) is 17.5. The molecule has 0 aromatic heterocycles. The molecule has 0 aliphatic carbocycles. The molecule has 2 aromatic rings. The molecule has 0 heterocycles. The van der Waals surface area contributed by atoms with Crippen LogP contribution in [0.25, 0.3) is 0 Å². The summed E-state index contributed by atoms with van der Waals surface area (Å²) in [7, 11) is 0. The standard InChI is InChI=1S/C23H28Cl2N2O2S/c1-4-16(2)26-23(29)17(3)27(15-18-7-5-6-8-21(18)25)22(28)13-14-30-20-11-9-19(24)10-12-20/h5-12,16-17H,4,13-15H2,1-3H3,(H,26,29)/t16-,17-/m1/s1. The Kier molecular flexibility index (Phi) is 10.0. The molecule has 2 rings (SSSR count). The smallest absolute Gasteiger partial charge is 0.242 e. The first-order valence-corrected chi connectivity index (χ1v) is 11.8. The lowest BCUT2D eigenvalue weighted by atomic mass is 10.1. The number of halogens is 2. The Balaban J connectivity index is 2.08. The van der Waals surface area contributed by atoms with Gasteiger partial charge in [-0.05, 0) is 56.2 Å². The molecule has 0 spiro atoms. The minimum absolute atomic E-state index is 0.0534. The fraction of sp³-hybridized carbons (Fsp3) is 0.391. The monoisotopic (exact) mass is 466 g/mol. The molecule has 0 fully saturated rings. The van der Waals surface area contributed by atoms with E-state index in [0.717, 1.165) is 16.9 Å². The molecule has 2 aromatic carbocycles. The first-order chi connectivity index (χ1) is 14.3. The summed E-state index contributed by atoms with van der Waals surface area (Å²) in [6.45, 7) is 6.02. The lowest BCUT2D eigenvalue weighted by Crippen LogP contribution is -2.49. The van der Waals surface area contributed by atoms with E-state index in [2.05, 4.69) is 5.32 Å². The highest BCUT2D eigenvalue weighted by Gasteiger charge is 2.27. The van der Waals surface area contributed by atoms with E-state index >= 15 is 0 Å². The van der Waals surface area contributed by atoms with Gasteiger partial charge in [0.05, 0.1) is 0 Å². The van der Waals surface area contributed by atoms with Crippen LogP contribution in [-0.2, 0) is 16.1 Å². The fourth-order valence-electron chi connectivity index (χ4n) is 2.79. The summed E-state index contributed by atoms with van der Waals surface area (Å²) in [6, 6.07) is 14.4. The van der Waals surface area contributed by atoms with Crippen LogP contribution in [0.15, 0.2) is 53.4 Å². The molecule has 30 heavy (non-hydrogen) atoms. The average molecular weight is 467 g/mol. The van der Waals surface area contributed by atoms with Crippen molar-refractivity contribution in [3.05, 3.63) is 64.1 Å². The van der Waals surface area contributed by atoms with E-state index in [1.165, 1.54) is 0 Å². The normalized spacial score (nSPS) is 12.8. The van der Waals surface area contributed by atoms with E-state index in [1.54, 1.807) is 29.7 Å². The number of rotatable bonds is 10. The summed E-state index contributed by atoms with van der Waals surface area (Å²) in [6.07, 6.45) is 1.15. The summed E-state index contributed by atoms with van der Waals surface area (Å²) in [5, 5.41) is 4.24. The van der Waals surface area contributed by atoms with Gasteiger partial charge in [0.15, 0.2) is 0 Å². The first kappa shape index (κ1) is 24.6. The van der Waals surface area contributed by atoms with E-state index in [0.29, 0.717) is 28.8 Å². The van der Waals surface area contributed by atoms with E-state index in [1.807, 2.05) is 56.3 Å². The number of carbonyl (C=O) groups is 2. The van der Waals surface area contributed by atoms with Crippen LogP contribution in [0.5, 0.6) is 0 Å². The Morgan fingerprint density at radius 3 is 2.37 bits per heavy atom. The molecule has 0 aliphatic heterocycles. The summed E-state index contributed by atoms with van der Waals surface area (Å²) in [4.78, 5) is 28.4. The average Bonchev–Trinajstić information content (AvgIpc) is 2.73. The van der Waals surface area contributed by atoms with Gasteiger partial charge < -0.3 is 10.2 Å². The van der Waals surface area contributed by atoms with Crippen molar-refractivity contribution in [3.63, 3.8) is 0 Å². The van der Waals surface area contributed by atoms with Gasteiger partial charge in [0.1, 0.15) is 6.04 Å². The van der Waals surface area contributed by atoms with Crippen LogP contribution in [-0.4, -0.2) is 34.6 Å². The number of benzene rings is 2. The molecule has 2 atom stereocenters. The SMILES string of the molecule is CC[C@@H](C)NC(=O)[C@@H](C)N(Cc1ccccc1Cl)C(=O)CCSc1ccc(Cl)cc1. The Hall–Kier alpha value is -1.69. The van der Waals surface area contributed by atoms with Crippen LogP contribution >= 0.6 is 35.0 Å². The zero-order valence-corrected chi connectivity index (χ0v) is 19.9. The minimum atomic E-state index is -0.594. The van der Waals surface area contributed by atoms with Crippen LogP contribution in [0, 0.1) is 0 Å². The number of nitrogens with zero attached hydrogens (tertiary/aromatic N) is 1. The summed E-state index contributed by atoms with van der Waals surface area (Å²) < 4.78 is 0. The van der Waals surface area contributed by atoms with Crippen molar-refractivity contribution in [1.29, 1.82) is 0 Å². The molecular weight excluding hydrogens is 439 g/mol. The second kappa shape index (κ2) is 12.2. The van der Waals surface area contributed by atoms with E-state index in [9.17, 15) is 9.59 Å². The fourth-order valence-corrected chi connectivity index (χ4v) is 3.95. The lowest BCUT2D eigenvalue weighted by Gasteiger charge is -2.30. The highest BCUT2D eigenvalue weighted by atomic mass is 35.5. The Bertz CT molecular complexity index is 845. The molecule has 1 N–H and O–H groups in total. The van der Waals surface area contributed by atoms with Gasteiger partial charge in [-0.25, -0.2) is 0 Å². The largest absolute Gasteiger partial charge is 0.352 e. The summed E-state index contributed by atoms with van der Waals surface area (Å²) in [5.41, 5.74) is 0.820. The molecule has 162 valence electrons. The van der Waals surface area contributed by atoms with Crippen LogP contribution in [0.3, 0.4) is 0 Å². The number of nitrogens with one attached hydrogen (secondary N) is 1. The molecular formula is C23H28Cl2N2O2S. The van der Waals surface area contributed by atoms with E-state index < -0.39 is 6.04 Å². The van der Waals surface area contributed by atoms with Crippen molar-refractivity contribution in [2.24, 2.45) is 0 Å². The van der Waals surface area contributed by atoms with Crippen LogP contribution < -0.4 is 5.32 Å². The molecule has 0 aliphatic rings. The van der Waals surface area contributed by atoms with E-state index in [-0.39, 0.29) is 17.9 Å². The van der Waals surface area contributed by atoms with Gasteiger partial charge >= 0.3 is 0 Å². The summed E-state index contributed by atoms with van der Waals surface area (Å²) in [5.74, 6) is 0.373. The third-order valence-electron chi connectivity index (χ3n) is 4.87. The van der Waals surface area contributed by atoms with Crippen molar-refractivity contribution in [2.75, 3.05) is 5.75 Å². The topological polar surface area (TPSA) is 49.4 Å². The second-order valence-corrected chi connectivity index (χ2v) is 9.17. The molecule has 0 saturated carbocycles. The first-order valence-electron chi connectivity index (χ1n) is 10.0. The number of carbonyl (C=O) groups excluding carboxylic acids is 2. The highest BCUT2D eigenvalue weighted by Crippen LogP contribution is 2.23. The second-order valence-electron chi connectivity index (χ2n) is 7.16. The van der Waals surface area contributed by atoms with E-state index in [4.69, 9.17) is 23.2 Å². The number of amides is 2. The predicted molar refractivity (Wildman–Crippen MR) is 126 cm³/mol. The maximum atomic E-state index is 13.1. The van der Waals surface area contributed by atoms with Crippen molar-refractivity contribution in [2.45, 2.75) is 57.1 Å². The number of thioether (sulfide) groups is 1. The predicted octanol–water partition coefficient (Wildman–Crippen LogP) is 5.81. The van der Waals surface area contributed by atoms with Gasteiger partial charge in [0, 0.05) is 39.7 Å². The van der Waals surface area contributed by atoms with Gasteiger partial charge in [-0.3, -0.25) is 9.59 Å². The van der Waals surface area contributed by atoms with Gasteiger partial charge in [0.2, 0.25) is 11.8 Å². The molecule has 0 bridgehead atoms. The van der Waals surface area contributed by atoms with Crippen LogP contribution in [0.4, 0.5) is 0 Å². The minimum Gasteiger partial charge on any atom is -0.352 e. The quantitative estimate of drug-likeness (QED) is 0.449. The third-order valence-corrected chi connectivity index (χ3v) is 6.50.